The minimum Gasteiger partial charge on any atom is -0.329 e. The molecule has 0 amide bonds. The van der Waals surface area contributed by atoms with Gasteiger partial charge >= 0.3 is 0 Å². The summed E-state index contributed by atoms with van der Waals surface area (Å²) in [5.74, 6) is 0.608. The molecule has 17 heavy (non-hydrogen) atoms. The summed E-state index contributed by atoms with van der Waals surface area (Å²) < 4.78 is 26.1. The van der Waals surface area contributed by atoms with Crippen LogP contribution >= 0.6 is 12.4 Å². The fourth-order valence-electron chi connectivity index (χ4n) is 1.38. The van der Waals surface area contributed by atoms with Crippen LogP contribution in [0.5, 0.6) is 0 Å². The summed E-state index contributed by atoms with van der Waals surface area (Å²) in [6, 6.07) is -0.0999. The lowest BCUT2D eigenvalue weighted by Crippen LogP contribution is -2.41. The topological polar surface area (TPSA) is 72.2 Å². The molecule has 0 aromatic heterocycles. The molecule has 0 aromatic carbocycles. The molecule has 3 N–H and O–H groups in total. The van der Waals surface area contributed by atoms with Crippen molar-refractivity contribution in [3.63, 3.8) is 0 Å². The van der Waals surface area contributed by atoms with Crippen LogP contribution in [-0.2, 0) is 10.0 Å². The first-order valence-corrected chi connectivity index (χ1v) is 7.76. The van der Waals surface area contributed by atoms with Crippen molar-refractivity contribution in [1.82, 2.24) is 4.72 Å². The second kappa shape index (κ2) is 10.1. The van der Waals surface area contributed by atoms with Gasteiger partial charge in [0.25, 0.3) is 0 Å². The zero-order valence-electron chi connectivity index (χ0n) is 11.1. The minimum absolute atomic E-state index is 0. The van der Waals surface area contributed by atoms with Crippen molar-refractivity contribution in [2.75, 3.05) is 12.3 Å². The predicted molar refractivity (Wildman–Crippen MR) is 76.0 cm³/mol. The zero-order chi connectivity index (χ0) is 12.6. The second-order valence-corrected chi connectivity index (χ2v) is 6.57. The summed E-state index contributed by atoms with van der Waals surface area (Å²) >= 11 is 0. The number of nitrogens with one attached hydrogen (secondary N) is 1. The molecule has 0 aliphatic rings. The summed E-state index contributed by atoms with van der Waals surface area (Å²) in [7, 11) is -3.15. The van der Waals surface area contributed by atoms with Crippen LogP contribution in [0.1, 0.15) is 46.5 Å². The smallest absolute Gasteiger partial charge is 0.211 e. The van der Waals surface area contributed by atoms with Crippen LogP contribution < -0.4 is 10.5 Å². The lowest BCUT2D eigenvalue weighted by molar-refractivity contribution is 0.510. The van der Waals surface area contributed by atoms with Crippen molar-refractivity contribution in [1.29, 1.82) is 0 Å². The number of halogens is 1. The Bertz CT molecular complexity index is 269. The van der Waals surface area contributed by atoms with E-state index in [0.29, 0.717) is 18.9 Å². The van der Waals surface area contributed by atoms with E-state index in [1.54, 1.807) is 0 Å². The highest BCUT2D eigenvalue weighted by molar-refractivity contribution is 7.89. The lowest BCUT2D eigenvalue weighted by atomic mass is 10.1. The minimum atomic E-state index is -3.15. The highest BCUT2D eigenvalue weighted by Gasteiger charge is 2.16. The van der Waals surface area contributed by atoms with Crippen molar-refractivity contribution in [2.24, 2.45) is 11.7 Å². The molecule has 0 heterocycles. The van der Waals surface area contributed by atoms with Crippen LogP contribution in [-0.4, -0.2) is 26.8 Å². The predicted octanol–water partition coefficient (Wildman–Crippen LogP) is 1.89. The molecular formula is C11H27ClN2O2S. The molecule has 0 bridgehead atoms. The van der Waals surface area contributed by atoms with Gasteiger partial charge in [-0.2, -0.15) is 0 Å². The summed E-state index contributed by atoms with van der Waals surface area (Å²) in [5, 5.41) is 0. The van der Waals surface area contributed by atoms with E-state index in [1.807, 2.05) is 13.8 Å². The molecule has 0 saturated carbocycles. The van der Waals surface area contributed by atoms with E-state index in [1.165, 1.54) is 0 Å². The normalized spacial score (nSPS) is 13.5. The third-order valence-electron chi connectivity index (χ3n) is 2.50. The molecule has 4 nitrogen and oxygen atoms in total. The maximum atomic E-state index is 11.7. The molecule has 0 aliphatic heterocycles. The Kier molecular flexibility index (Phi) is 11.6. The van der Waals surface area contributed by atoms with Gasteiger partial charge < -0.3 is 5.73 Å². The van der Waals surface area contributed by atoms with Gasteiger partial charge in [0.2, 0.25) is 10.0 Å². The number of unbranched alkanes of at least 4 members (excludes halogenated alkanes) is 1. The van der Waals surface area contributed by atoms with Crippen LogP contribution in [0.15, 0.2) is 0 Å². The first-order valence-electron chi connectivity index (χ1n) is 6.11. The van der Waals surface area contributed by atoms with Gasteiger partial charge in [-0.25, -0.2) is 13.1 Å². The van der Waals surface area contributed by atoms with E-state index in [9.17, 15) is 8.42 Å². The average molecular weight is 287 g/mol. The monoisotopic (exact) mass is 286 g/mol. The maximum absolute atomic E-state index is 11.7. The van der Waals surface area contributed by atoms with E-state index in [2.05, 4.69) is 11.6 Å². The SMILES string of the molecule is CCCCC(CN)NS(=O)(=O)CCC(C)C.Cl. The Labute approximate surface area is 112 Å². The van der Waals surface area contributed by atoms with E-state index in [-0.39, 0.29) is 24.2 Å². The van der Waals surface area contributed by atoms with Crippen LogP contribution in [0.3, 0.4) is 0 Å². The molecule has 0 aliphatic carbocycles. The van der Waals surface area contributed by atoms with Crippen molar-refractivity contribution < 1.29 is 8.42 Å². The van der Waals surface area contributed by atoms with Crippen LogP contribution in [0, 0.1) is 5.92 Å². The second-order valence-electron chi connectivity index (χ2n) is 4.69. The van der Waals surface area contributed by atoms with Crippen LogP contribution in [0.25, 0.3) is 0 Å². The Balaban J connectivity index is 0. The van der Waals surface area contributed by atoms with E-state index in [0.717, 1.165) is 19.3 Å². The Hall–Kier alpha value is 0.160. The molecule has 0 rings (SSSR count). The number of sulfonamides is 1. The standard InChI is InChI=1S/C11H26N2O2S.ClH/c1-4-5-6-11(9-12)13-16(14,15)8-7-10(2)3;/h10-11,13H,4-9,12H2,1-3H3;1H. The Morgan fingerprint density at radius 3 is 2.24 bits per heavy atom. The number of hydrogen-bond donors (Lipinski definition) is 2. The van der Waals surface area contributed by atoms with Gasteiger partial charge in [-0.3, -0.25) is 0 Å². The molecule has 0 saturated heterocycles. The fourth-order valence-corrected chi connectivity index (χ4v) is 3.00. The van der Waals surface area contributed by atoms with Crippen molar-refractivity contribution in [3.8, 4) is 0 Å². The van der Waals surface area contributed by atoms with Crippen molar-refractivity contribution in [3.05, 3.63) is 0 Å². The quantitative estimate of drug-likeness (QED) is 0.680. The summed E-state index contributed by atoms with van der Waals surface area (Å²) in [4.78, 5) is 0. The molecule has 6 heteroatoms. The van der Waals surface area contributed by atoms with Gasteiger partial charge in [0.05, 0.1) is 5.75 Å². The van der Waals surface area contributed by atoms with Gasteiger partial charge in [-0.05, 0) is 18.8 Å². The number of hydrogen-bond acceptors (Lipinski definition) is 3. The molecule has 1 atom stereocenters. The van der Waals surface area contributed by atoms with Gasteiger partial charge in [0.1, 0.15) is 0 Å². The molecule has 0 aromatic rings. The number of rotatable bonds is 9. The van der Waals surface area contributed by atoms with Crippen molar-refractivity contribution in [2.45, 2.75) is 52.5 Å². The summed E-state index contributed by atoms with van der Waals surface area (Å²) in [6.45, 7) is 6.50. The van der Waals surface area contributed by atoms with Crippen LogP contribution in [0.2, 0.25) is 0 Å². The molecule has 0 fully saturated rings. The molecule has 0 spiro atoms. The summed E-state index contributed by atoms with van der Waals surface area (Å²) in [6.07, 6.45) is 3.59. The van der Waals surface area contributed by atoms with Crippen LogP contribution in [0.4, 0.5) is 0 Å². The third-order valence-corrected chi connectivity index (χ3v) is 3.97. The molecule has 1 unspecified atom stereocenters. The van der Waals surface area contributed by atoms with E-state index >= 15 is 0 Å². The average Bonchev–Trinajstić information content (AvgIpc) is 2.21. The van der Waals surface area contributed by atoms with Gasteiger partial charge in [0.15, 0.2) is 0 Å². The number of nitrogens with two attached hydrogens (primary N) is 1. The molecular weight excluding hydrogens is 260 g/mol. The highest BCUT2D eigenvalue weighted by atomic mass is 35.5. The first-order chi connectivity index (χ1) is 7.41. The van der Waals surface area contributed by atoms with Gasteiger partial charge in [0, 0.05) is 12.6 Å². The first kappa shape index (κ1) is 19.5. The maximum Gasteiger partial charge on any atom is 0.211 e. The van der Waals surface area contributed by atoms with Crippen molar-refractivity contribution >= 4 is 22.4 Å². The Morgan fingerprint density at radius 2 is 1.82 bits per heavy atom. The summed E-state index contributed by atoms with van der Waals surface area (Å²) in [5.41, 5.74) is 5.55. The largest absolute Gasteiger partial charge is 0.329 e. The fraction of sp³-hybridized carbons (Fsp3) is 1.00. The third kappa shape index (κ3) is 11.0. The van der Waals surface area contributed by atoms with E-state index in [4.69, 9.17) is 5.73 Å². The zero-order valence-corrected chi connectivity index (χ0v) is 12.7. The molecule has 106 valence electrons. The van der Waals surface area contributed by atoms with Gasteiger partial charge in [-0.15, -0.1) is 12.4 Å². The molecule has 0 radical (unpaired) electrons. The highest BCUT2D eigenvalue weighted by Crippen LogP contribution is 2.05. The van der Waals surface area contributed by atoms with Gasteiger partial charge in [-0.1, -0.05) is 33.6 Å². The Morgan fingerprint density at radius 1 is 1.24 bits per heavy atom. The van der Waals surface area contributed by atoms with E-state index < -0.39 is 10.0 Å². The lowest BCUT2D eigenvalue weighted by Gasteiger charge is -2.17.